The number of nitrogens with zero attached hydrogens (tertiary/aromatic N) is 3. The predicted molar refractivity (Wildman–Crippen MR) is 78.6 cm³/mol. The molecule has 0 saturated carbocycles. The number of aromatic amines is 1. The largest absolute Gasteiger partial charge is 0.368 e. The molecule has 2 heterocycles. The molecular weight excluding hydrogens is 262 g/mol. The maximum absolute atomic E-state index is 5.86. The first-order valence-corrected chi connectivity index (χ1v) is 7.29. The molecule has 2 aromatic rings. The molecule has 0 aliphatic carbocycles. The van der Waals surface area contributed by atoms with Crippen LogP contribution in [0.25, 0.3) is 11.2 Å². The van der Waals surface area contributed by atoms with Crippen molar-refractivity contribution in [2.45, 2.75) is 45.4 Å². The van der Waals surface area contributed by atoms with Crippen LogP contribution in [0.2, 0.25) is 5.28 Å². The molecule has 5 nitrogen and oxygen atoms in total. The van der Waals surface area contributed by atoms with Crippen molar-refractivity contribution in [2.24, 2.45) is 0 Å². The highest BCUT2D eigenvalue weighted by atomic mass is 35.5. The van der Waals surface area contributed by atoms with Gasteiger partial charge in [-0.25, -0.2) is 4.98 Å². The van der Waals surface area contributed by atoms with Crippen LogP contribution < -0.4 is 5.32 Å². The molecule has 2 N–H and O–H groups in total. The van der Waals surface area contributed by atoms with Crippen LogP contribution in [0.1, 0.15) is 45.4 Å². The molecule has 19 heavy (non-hydrogen) atoms. The number of rotatable bonds is 8. The van der Waals surface area contributed by atoms with Crippen molar-refractivity contribution in [3.63, 3.8) is 0 Å². The minimum Gasteiger partial charge on any atom is -0.368 e. The van der Waals surface area contributed by atoms with Crippen LogP contribution in [-0.2, 0) is 0 Å². The fourth-order valence-corrected chi connectivity index (χ4v) is 2.21. The summed E-state index contributed by atoms with van der Waals surface area (Å²) in [6.07, 6.45) is 9.25. The maximum Gasteiger partial charge on any atom is 0.226 e. The van der Waals surface area contributed by atoms with Gasteiger partial charge < -0.3 is 10.3 Å². The molecule has 2 aromatic heterocycles. The third kappa shape index (κ3) is 4.06. The molecule has 0 radical (unpaired) electrons. The standard InChI is InChI=1S/C13H20ClN5/c1-2-3-4-5-6-7-8-15-11-10-12(17-9-16-10)19-13(14)18-11/h9H,2-8H2,1H3,(H2,15,16,17,18,19). The summed E-state index contributed by atoms with van der Waals surface area (Å²) in [4.78, 5) is 15.4. The number of aromatic nitrogens is 4. The van der Waals surface area contributed by atoms with Gasteiger partial charge in [0.1, 0.15) is 5.52 Å². The van der Waals surface area contributed by atoms with Crippen LogP contribution in [0.15, 0.2) is 6.33 Å². The van der Waals surface area contributed by atoms with Gasteiger partial charge in [-0.1, -0.05) is 39.0 Å². The first-order chi connectivity index (χ1) is 9.31. The molecule has 0 atom stereocenters. The zero-order chi connectivity index (χ0) is 13.5. The van der Waals surface area contributed by atoms with Gasteiger partial charge in [-0.15, -0.1) is 0 Å². The second kappa shape index (κ2) is 7.28. The lowest BCUT2D eigenvalue weighted by Gasteiger charge is -2.06. The van der Waals surface area contributed by atoms with Gasteiger partial charge in [0, 0.05) is 6.54 Å². The fourth-order valence-electron chi connectivity index (χ4n) is 2.05. The average molecular weight is 282 g/mol. The third-order valence-corrected chi connectivity index (χ3v) is 3.25. The monoisotopic (exact) mass is 281 g/mol. The number of halogens is 1. The SMILES string of the molecule is CCCCCCCCNc1nc(Cl)nc2nc[nH]c12. The van der Waals surface area contributed by atoms with E-state index in [0.717, 1.165) is 24.3 Å². The van der Waals surface area contributed by atoms with Gasteiger partial charge in [-0.05, 0) is 18.0 Å². The van der Waals surface area contributed by atoms with Crippen LogP contribution in [-0.4, -0.2) is 26.5 Å². The highest BCUT2D eigenvalue weighted by Crippen LogP contribution is 2.18. The Morgan fingerprint density at radius 1 is 1.16 bits per heavy atom. The molecule has 2 rings (SSSR count). The number of nitrogens with one attached hydrogen (secondary N) is 2. The van der Waals surface area contributed by atoms with Crippen LogP contribution in [0.5, 0.6) is 0 Å². The van der Waals surface area contributed by atoms with E-state index in [2.05, 4.69) is 32.2 Å². The van der Waals surface area contributed by atoms with Gasteiger partial charge in [0.2, 0.25) is 5.28 Å². The van der Waals surface area contributed by atoms with Gasteiger partial charge in [-0.3, -0.25) is 0 Å². The number of fused-ring (bicyclic) bond motifs is 1. The van der Waals surface area contributed by atoms with Crippen molar-refractivity contribution >= 4 is 28.6 Å². The lowest BCUT2D eigenvalue weighted by atomic mass is 10.1. The van der Waals surface area contributed by atoms with Gasteiger partial charge in [0.25, 0.3) is 0 Å². The van der Waals surface area contributed by atoms with Crippen molar-refractivity contribution in [3.05, 3.63) is 11.6 Å². The fraction of sp³-hybridized carbons (Fsp3) is 0.615. The molecule has 0 spiro atoms. The van der Waals surface area contributed by atoms with Crippen LogP contribution in [0, 0.1) is 0 Å². The maximum atomic E-state index is 5.86. The first kappa shape index (κ1) is 14.1. The van der Waals surface area contributed by atoms with Gasteiger partial charge in [-0.2, -0.15) is 9.97 Å². The Balaban J connectivity index is 1.79. The summed E-state index contributed by atoms with van der Waals surface area (Å²) >= 11 is 5.86. The smallest absolute Gasteiger partial charge is 0.226 e. The molecule has 0 fully saturated rings. The Morgan fingerprint density at radius 3 is 2.79 bits per heavy atom. The van der Waals surface area contributed by atoms with Crippen molar-refractivity contribution in [1.82, 2.24) is 19.9 Å². The lowest BCUT2D eigenvalue weighted by Crippen LogP contribution is -2.05. The first-order valence-electron chi connectivity index (χ1n) is 6.91. The number of hydrogen-bond acceptors (Lipinski definition) is 4. The Morgan fingerprint density at radius 2 is 1.95 bits per heavy atom. The molecule has 0 unspecified atom stereocenters. The molecule has 0 aliphatic rings. The molecule has 0 aromatic carbocycles. The Kier molecular flexibility index (Phi) is 5.39. The van der Waals surface area contributed by atoms with Crippen molar-refractivity contribution in [2.75, 3.05) is 11.9 Å². The highest BCUT2D eigenvalue weighted by Gasteiger charge is 2.07. The minimum atomic E-state index is 0.227. The van der Waals surface area contributed by atoms with E-state index in [1.165, 1.54) is 32.1 Å². The van der Waals surface area contributed by atoms with Gasteiger partial charge in [0.15, 0.2) is 11.5 Å². The molecule has 6 heteroatoms. The molecule has 0 amide bonds. The van der Waals surface area contributed by atoms with E-state index in [0.29, 0.717) is 5.65 Å². The van der Waals surface area contributed by atoms with Crippen LogP contribution in [0.3, 0.4) is 0 Å². The van der Waals surface area contributed by atoms with E-state index in [1.807, 2.05) is 0 Å². The van der Waals surface area contributed by atoms with E-state index in [-0.39, 0.29) is 5.28 Å². The van der Waals surface area contributed by atoms with E-state index in [9.17, 15) is 0 Å². The Hall–Kier alpha value is -1.36. The molecule has 104 valence electrons. The average Bonchev–Trinajstić information content (AvgIpc) is 2.85. The van der Waals surface area contributed by atoms with E-state index >= 15 is 0 Å². The van der Waals surface area contributed by atoms with Gasteiger partial charge in [0.05, 0.1) is 6.33 Å². The van der Waals surface area contributed by atoms with E-state index in [1.54, 1.807) is 6.33 Å². The zero-order valence-corrected chi connectivity index (χ0v) is 12.0. The second-order valence-electron chi connectivity index (χ2n) is 4.64. The van der Waals surface area contributed by atoms with Gasteiger partial charge >= 0.3 is 0 Å². The number of anilines is 1. The summed E-state index contributed by atoms with van der Waals surface area (Å²) in [6, 6.07) is 0. The summed E-state index contributed by atoms with van der Waals surface area (Å²) in [5, 5.41) is 3.53. The summed E-state index contributed by atoms with van der Waals surface area (Å²) < 4.78 is 0. The quantitative estimate of drug-likeness (QED) is 0.571. The summed E-state index contributed by atoms with van der Waals surface area (Å²) in [7, 11) is 0. The molecule has 0 saturated heterocycles. The van der Waals surface area contributed by atoms with Crippen LogP contribution in [0.4, 0.5) is 5.82 Å². The number of unbranched alkanes of at least 4 members (excludes halogenated alkanes) is 5. The van der Waals surface area contributed by atoms with Crippen molar-refractivity contribution in [3.8, 4) is 0 Å². The highest BCUT2D eigenvalue weighted by molar-refractivity contribution is 6.28. The topological polar surface area (TPSA) is 66.5 Å². The Labute approximate surface area is 118 Å². The number of hydrogen-bond donors (Lipinski definition) is 2. The predicted octanol–water partition coefficient (Wildman–Crippen LogP) is 3.78. The van der Waals surface area contributed by atoms with Crippen molar-refractivity contribution < 1.29 is 0 Å². The number of imidazole rings is 1. The molecular formula is C13H20ClN5. The van der Waals surface area contributed by atoms with E-state index in [4.69, 9.17) is 11.6 Å². The third-order valence-electron chi connectivity index (χ3n) is 3.08. The molecule has 0 aliphatic heterocycles. The summed E-state index contributed by atoms with van der Waals surface area (Å²) in [6.45, 7) is 3.13. The summed E-state index contributed by atoms with van der Waals surface area (Å²) in [5.41, 5.74) is 1.42. The number of H-pyrrole nitrogens is 1. The Bertz CT molecular complexity index is 511. The summed E-state index contributed by atoms with van der Waals surface area (Å²) in [5.74, 6) is 0.737. The molecule has 0 bridgehead atoms. The van der Waals surface area contributed by atoms with Crippen molar-refractivity contribution in [1.29, 1.82) is 0 Å². The zero-order valence-electron chi connectivity index (χ0n) is 11.2. The van der Waals surface area contributed by atoms with Crippen LogP contribution >= 0.6 is 11.6 Å². The van der Waals surface area contributed by atoms with E-state index < -0.39 is 0 Å². The second-order valence-corrected chi connectivity index (χ2v) is 4.97. The minimum absolute atomic E-state index is 0.227. The normalized spacial score (nSPS) is 11.1. The lowest BCUT2D eigenvalue weighted by molar-refractivity contribution is 0.617.